The quantitative estimate of drug-likeness (QED) is 0.720. The number of amides is 1. The van der Waals surface area contributed by atoms with Crippen LogP contribution in [0.1, 0.15) is 48.1 Å². The number of aryl methyl sites for hydroxylation is 1. The van der Waals surface area contributed by atoms with E-state index in [1.807, 2.05) is 17.0 Å². The molecule has 0 aromatic carbocycles. The zero-order valence-electron chi connectivity index (χ0n) is 14.6. The maximum atomic E-state index is 13.1. The third kappa shape index (κ3) is 3.10. The lowest BCUT2D eigenvalue weighted by atomic mass is 10.1. The Morgan fingerprint density at radius 3 is 2.77 bits per heavy atom. The Morgan fingerprint density at radius 2 is 2.00 bits per heavy atom. The van der Waals surface area contributed by atoms with Gasteiger partial charge in [0.25, 0.3) is 5.91 Å². The SMILES string of the molecule is Cn1nccc1C(=O)N1CCCCCC1c1nc(-c2ccncc2)no1. The van der Waals surface area contributed by atoms with Gasteiger partial charge < -0.3 is 9.42 Å². The lowest BCUT2D eigenvalue weighted by molar-refractivity contribution is 0.0633. The van der Waals surface area contributed by atoms with Crippen molar-refractivity contribution in [3.8, 4) is 11.4 Å². The van der Waals surface area contributed by atoms with E-state index in [9.17, 15) is 4.79 Å². The number of aromatic nitrogens is 5. The van der Waals surface area contributed by atoms with Gasteiger partial charge in [0.15, 0.2) is 0 Å². The van der Waals surface area contributed by atoms with Gasteiger partial charge in [-0.15, -0.1) is 0 Å². The molecule has 0 radical (unpaired) electrons. The molecule has 8 heteroatoms. The maximum absolute atomic E-state index is 13.1. The molecule has 1 unspecified atom stereocenters. The van der Waals surface area contributed by atoms with Crippen LogP contribution < -0.4 is 0 Å². The molecule has 1 amide bonds. The number of rotatable bonds is 3. The molecule has 1 fully saturated rings. The van der Waals surface area contributed by atoms with Crippen LogP contribution in [0.15, 0.2) is 41.3 Å². The summed E-state index contributed by atoms with van der Waals surface area (Å²) in [5.41, 5.74) is 1.40. The minimum atomic E-state index is -0.219. The number of carbonyl (C=O) groups excluding carboxylic acids is 1. The van der Waals surface area contributed by atoms with Crippen molar-refractivity contribution in [1.82, 2.24) is 29.8 Å². The molecule has 4 heterocycles. The van der Waals surface area contributed by atoms with Gasteiger partial charge in [0.2, 0.25) is 11.7 Å². The van der Waals surface area contributed by atoms with Crippen LogP contribution in [-0.2, 0) is 7.05 Å². The van der Waals surface area contributed by atoms with Crippen molar-refractivity contribution in [3.05, 3.63) is 48.4 Å². The van der Waals surface area contributed by atoms with Crippen molar-refractivity contribution in [2.75, 3.05) is 6.54 Å². The summed E-state index contributed by atoms with van der Waals surface area (Å²) in [5.74, 6) is 0.939. The first-order chi connectivity index (χ1) is 12.7. The van der Waals surface area contributed by atoms with Gasteiger partial charge in [0.1, 0.15) is 11.7 Å². The molecule has 26 heavy (non-hydrogen) atoms. The highest BCUT2D eigenvalue weighted by Gasteiger charge is 2.32. The van der Waals surface area contributed by atoms with E-state index < -0.39 is 0 Å². The first-order valence-electron chi connectivity index (χ1n) is 8.77. The van der Waals surface area contributed by atoms with Gasteiger partial charge in [-0.1, -0.05) is 18.0 Å². The largest absolute Gasteiger partial charge is 0.337 e. The van der Waals surface area contributed by atoms with Gasteiger partial charge >= 0.3 is 0 Å². The van der Waals surface area contributed by atoms with E-state index in [1.165, 1.54) is 0 Å². The van der Waals surface area contributed by atoms with Crippen molar-refractivity contribution in [2.45, 2.75) is 31.7 Å². The van der Waals surface area contributed by atoms with E-state index >= 15 is 0 Å². The Balaban J connectivity index is 1.65. The number of nitrogens with zero attached hydrogens (tertiary/aromatic N) is 6. The summed E-state index contributed by atoms with van der Waals surface area (Å²) in [5, 5.41) is 8.21. The van der Waals surface area contributed by atoms with E-state index in [1.54, 1.807) is 36.4 Å². The molecule has 0 N–H and O–H groups in total. The summed E-state index contributed by atoms with van der Waals surface area (Å²) < 4.78 is 7.14. The fourth-order valence-electron chi connectivity index (χ4n) is 3.33. The lowest BCUT2D eigenvalue weighted by Crippen LogP contribution is -2.36. The molecule has 8 nitrogen and oxygen atoms in total. The summed E-state index contributed by atoms with van der Waals surface area (Å²) >= 11 is 0. The molecular formula is C18H20N6O2. The van der Waals surface area contributed by atoms with Crippen molar-refractivity contribution in [3.63, 3.8) is 0 Å². The molecule has 134 valence electrons. The predicted molar refractivity (Wildman–Crippen MR) is 93.0 cm³/mol. The van der Waals surface area contributed by atoms with E-state index in [0.717, 1.165) is 31.2 Å². The summed E-state index contributed by atoms with van der Waals surface area (Å²) in [6.45, 7) is 0.668. The van der Waals surface area contributed by atoms with Gasteiger partial charge in [0.05, 0.1) is 0 Å². The molecule has 4 rings (SSSR count). The van der Waals surface area contributed by atoms with Gasteiger partial charge in [0, 0.05) is 37.7 Å². The maximum Gasteiger partial charge on any atom is 0.272 e. The Morgan fingerprint density at radius 1 is 1.15 bits per heavy atom. The van der Waals surface area contributed by atoms with E-state index in [-0.39, 0.29) is 11.9 Å². The van der Waals surface area contributed by atoms with Gasteiger partial charge in [-0.3, -0.25) is 14.5 Å². The molecule has 3 aromatic heterocycles. The van der Waals surface area contributed by atoms with Crippen molar-refractivity contribution < 1.29 is 9.32 Å². The number of likely N-dealkylation sites (tertiary alicyclic amines) is 1. The summed E-state index contributed by atoms with van der Waals surface area (Å²) in [4.78, 5) is 23.5. The van der Waals surface area contributed by atoms with E-state index in [0.29, 0.717) is 24.0 Å². The first-order valence-corrected chi connectivity index (χ1v) is 8.77. The number of hydrogen-bond donors (Lipinski definition) is 0. The lowest BCUT2D eigenvalue weighted by Gasteiger charge is -2.27. The molecule has 0 bridgehead atoms. The second-order valence-electron chi connectivity index (χ2n) is 6.40. The molecule has 0 spiro atoms. The van der Waals surface area contributed by atoms with Crippen molar-refractivity contribution >= 4 is 5.91 Å². The molecule has 1 aliphatic heterocycles. The number of pyridine rings is 1. The van der Waals surface area contributed by atoms with Crippen LogP contribution in [0.3, 0.4) is 0 Å². The van der Waals surface area contributed by atoms with Crippen LogP contribution in [0.25, 0.3) is 11.4 Å². The Kier molecular flexibility index (Phi) is 4.47. The molecule has 1 atom stereocenters. The van der Waals surface area contributed by atoms with E-state index in [4.69, 9.17) is 4.52 Å². The molecule has 0 aliphatic carbocycles. The Labute approximate surface area is 150 Å². The highest BCUT2D eigenvalue weighted by atomic mass is 16.5. The minimum Gasteiger partial charge on any atom is -0.337 e. The fourth-order valence-corrected chi connectivity index (χ4v) is 3.33. The summed E-state index contributed by atoms with van der Waals surface area (Å²) in [6, 6.07) is 5.18. The third-order valence-electron chi connectivity index (χ3n) is 4.72. The molecular weight excluding hydrogens is 332 g/mol. The highest BCUT2D eigenvalue weighted by molar-refractivity contribution is 5.92. The van der Waals surface area contributed by atoms with Crippen molar-refractivity contribution in [1.29, 1.82) is 0 Å². The Hall–Kier alpha value is -3.03. The van der Waals surface area contributed by atoms with Crippen LogP contribution in [-0.4, -0.2) is 42.3 Å². The second-order valence-corrected chi connectivity index (χ2v) is 6.40. The second kappa shape index (κ2) is 7.07. The minimum absolute atomic E-state index is 0.0550. The smallest absolute Gasteiger partial charge is 0.272 e. The Bertz CT molecular complexity index is 888. The third-order valence-corrected chi connectivity index (χ3v) is 4.72. The number of carbonyl (C=O) groups is 1. The normalized spacial score (nSPS) is 17.9. The average molecular weight is 352 g/mol. The first kappa shape index (κ1) is 16.4. The molecule has 3 aromatic rings. The number of hydrogen-bond acceptors (Lipinski definition) is 6. The van der Waals surface area contributed by atoms with Crippen LogP contribution >= 0.6 is 0 Å². The zero-order chi connectivity index (χ0) is 17.9. The van der Waals surface area contributed by atoms with Crippen LogP contribution in [0.5, 0.6) is 0 Å². The van der Waals surface area contributed by atoms with Crippen LogP contribution in [0.4, 0.5) is 0 Å². The van der Waals surface area contributed by atoms with Crippen LogP contribution in [0, 0.1) is 0 Å². The molecule has 1 aliphatic rings. The van der Waals surface area contributed by atoms with Gasteiger partial charge in [-0.25, -0.2) is 0 Å². The highest BCUT2D eigenvalue weighted by Crippen LogP contribution is 2.31. The monoisotopic (exact) mass is 352 g/mol. The summed E-state index contributed by atoms with van der Waals surface area (Å²) in [6.07, 6.45) is 8.88. The van der Waals surface area contributed by atoms with Gasteiger partial charge in [-0.05, 0) is 31.0 Å². The van der Waals surface area contributed by atoms with Crippen LogP contribution in [0.2, 0.25) is 0 Å². The predicted octanol–water partition coefficient (Wildman–Crippen LogP) is 2.62. The average Bonchev–Trinajstić information content (AvgIpc) is 3.25. The fraction of sp³-hybridized carbons (Fsp3) is 0.389. The molecule has 1 saturated heterocycles. The van der Waals surface area contributed by atoms with E-state index in [2.05, 4.69) is 20.2 Å². The topological polar surface area (TPSA) is 89.9 Å². The van der Waals surface area contributed by atoms with Crippen molar-refractivity contribution in [2.24, 2.45) is 7.05 Å². The summed E-state index contributed by atoms with van der Waals surface area (Å²) in [7, 11) is 1.77. The van der Waals surface area contributed by atoms with Gasteiger partial charge in [-0.2, -0.15) is 10.1 Å². The zero-order valence-corrected chi connectivity index (χ0v) is 14.6. The molecule has 0 saturated carbocycles. The standard InChI is InChI=1S/C18H20N6O2/c1-23-15(8-11-20-23)18(25)24-12-4-2-3-5-14(24)17-21-16(22-26-17)13-6-9-19-10-7-13/h6-11,14H,2-5,12H2,1H3.